The van der Waals surface area contributed by atoms with Crippen LogP contribution < -0.4 is 0 Å². The molecule has 76 valence electrons. The highest BCUT2D eigenvalue weighted by atomic mass is 31.1. The Labute approximate surface area is 82.2 Å². The summed E-state index contributed by atoms with van der Waals surface area (Å²) in [7, 11) is 6.26. The molecule has 0 radical (unpaired) electrons. The van der Waals surface area contributed by atoms with Gasteiger partial charge in [-0.1, -0.05) is 6.08 Å². The molecule has 13 heavy (non-hydrogen) atoms. The van der Waals surface area contributed by atoms with Crippen molar-refractivity contribution < 1.29 is 13.8 Å². The first-order valence-corrected chi connectivity index (χ1v) is 5.21. The summed E-state index contributed by atoms with van der Waals surface area (Å²) in [6.07, 6.45) is 3.28. The number of nitrogens with zero attached hydrogens (tertiary/aromatic N) is 1. The molecule has 0 aliphatic heterocycles. The summed E-state index contributed by atoms with van der Waals surface area (Å²) in [6.45, 7) is 3.40. The quantitative estimate of drug-likeness (QED) is 0.283. The number of carbonyl (C=O) groups excluding carboxylic acids is 1. The van der Waals surface area contributed by atoms with Gasteiger partial charge in [-0.25, -0.2) is 0 Å². The van der Waals surface area contributed by atoms with Crippen molar-refractivity contribution in [2.75, 3.05) is 34.3 Å². The number of carbonyl (C=O) groups is 1. The average molecular weight is 204 g/mol. The molecule has 3 nitrogen and oxygen atoms in total. The van der Waals surface area contributed by atoms with Crippen LogP contribution >= 0.6 is 8.81 Å². The first kappa shape index (κ1) is 12.8. The maximum Gasteiger partial charge on any atom is 0.200 e. The van der Waals surface area contributed by atoms with Gasteiger partial charge in [0.25, 0.3) is 0 Å². The summed E-state index contributed by atoms with van der Waals surface area (Å²) >= 11 is 0. The molecular weight excluding hydrogens is 185 g/mol. The number of hydrogen-bond acceptors (Lipinski definition) is 2. The Balaban J connectivity index is 3.41. The van der Waals surface area contributed by atoms with E-state index in [1.54, 1.807) is 12.2 Å². The summed E-state index contributed by atoms with van der Waals surface area (Å²) in [4.78, 5) is 11.0. The molecule has 4 heteroatoms. The standard InChI is InChI=1S/C9H19NO2P/c1-5-6-9(11)13-12-8-7-10(2,3)4/h5-6,13H,7-8H2,1-4H3/q+1. The molecule has 1 atom stereocenters. The lowest BCUT2D eigenvalue weighted by Gasteiger charge is -2.23. The number of rotatable bonds is 6. The van der Waals surface area contributed by atoms with Crippen LogP contribution in [-0.4, -0.2) is 44.3 Å². The van der Waals surface area contributed by atoms with Gasteiger partial charge in [0.05, 0.1) is 30.0 Å². The summed E-state index contributed by atoms with van der Waals surface area (Å²) in [5.41, 5.74) is 0.0592. The Morgan fingerprint density at radius 2 is 2.08 bits per heavy atom. The molecule has 0 heterocycles. The van der Waals surface area contributed by atoms with Gasteiger partial charge in [-0.15, -0.1) is 0 Å². The van der Waals surface area contributed by atoms with E-state index in [1.165, 1.54) is 0 Å². The number of allylic oxidation sites excluding steroid dienone is 2. The van der Waals surface area contributed by atoms with Crippen LogP contribution in [0, 0.1) is 0 Å². The molecule has 0 saturated heterocycles. The maximum absolute atomic E-state index is 11.0. The fourth-order valence-corrected chi connectivity index (χ4v) is 1.20. The van der Waals surface area contributed by atoms with E-state index in [2.05, 4.69) is 21.1 Å². The zero-order valence-electron chi connectivity index (χ0n) is 8.83. The van der Waals surface area contributed by atoms with E-state index in [-0.39, 0.29) is 14.3 Å². The second kappa shape index (κ2) is 6.25. The predicted molar refractivity (Wildman–Crippen MR) is 57.0 cm³/mol. The maximum atomic E-state index is 11.0. The predicted octanol–water partition coefficient (Wildman–Crippen LogP) is 1.41. The van der Waals surface area contributed by atoms with E-state index in [4.69, 9.17) is 4.52 Å². The smallest absolute Gasteiger partial charge is 0.200 e. The number of quaternary nitrogens is 1. The molecule has 0 bridgehead atoms. The molecule has 0 spiro atoms. The average Bonchev–Trinajstić information content (AvgIpc) is 1.97. The molecule has 0 N–H and O–H groups in total. The minimum atomic E-state index is -0.0370. The van der Waals surface area contributed by atoms with Gasteiger partial charge in [-0.3, -0.25) is 4.79 Å². The molecule has 0 fully saturated rings. The second-order valence-corrected chi connectivity index (χ2v) is 4.81. The van der Waals surface area contributed by atoms with Crippen LogP contribution in [-0.2, 0) is 9.32 Å². The van der Waals surface area contributed by atoms with E-state index < -0.39 is 0 Å². The van der Waals surface area contributed by atoms with Crippen molar-refractivity contribution in [3.8, 4) is 0 Å². The largest absolute Gasteiger partial charge is 0.348 e. The van der Waals surface area contributed by atoms with E-state index in [9.17, 15) is 4.79 Å². The molecule has 0 aromatic rings. The Morgan fingerprint density at radius 3 is 2.54 bits per heavy atom. The van der Waals surface area contributed by atoms with E-state index in [0.717, 1.165) is 11.0 Å². The first-order chi connectivity index (χ1) is 5.95. The third-order valence-electron chi connectivity index (χ3n) is 1.35. The molecule has 0 amide bonds. The number of likely N-dealkylation sites (N-methyl/N-ethyl adjacent to an activating group) is 1. The molecule has 0 aromatic heterocycles. The Bertz CT molecular complexity index is 185. The molecule has 0 rings (SSSR count). The Hall–Kier alpha value is -0.240. The van der Waals surface area contributed by atoms with Crippen LogP contribution in [0.2, 0.25) is 0 Å². The van der Waals surface area contributed by atoms with E-state index in [0.29, 0.717) is 6.61 Å². The van der Waals surface area contributed by atoms with Crippen molar-refractivity contribution in [1.29, 1.82) is 0 Å². The summed E-state index contributed by atoms with van der Waals surface area (Å²) < 4.78 is 6.10. The summed E-state index contributed by atoms with van der Waals surface area (Å²) in [6, 6.07) is 0. The lowest BCUT2D eigenvalue weighted by Crippen LogP contribution is -2.37. The van der Waals surface area contributed by atoms with Gasteiger partial charge in [0.2, 0.25) is 5.52 Å². The van der Waals surface area contributed by atoms with Crippen molar-refractivity contribution in [3.05, 3.63) is 12.2 Å². The third-order valence-corrected chi connectivity index (χ3v) is 2.07. The Morgan fingerprint density at radius 1 is 1.46 bits per heavy atom. The lowest BCUT2D eigenvalue weighted by atomic mass is 10.5. The molecule has 1 unspecified atom stereocenters. The van der Waals surface area contributed by atoms with Crippen molar-refractivity contribution in [2.24, 2.45) is 0 Å². The molecule has 0 aliphatic rings. The van der Waals surface area contributed by atoms with Gasteiger partial charge in [0.1, 0.15) is 13.2 Å². The van der Waals surface area contributed by atoms with Crippen LogP contribution in [0.15, 0.2) is 12.2 Å². The Kier molecular flexibility index (Phi) is 6.13. The van der Waals surface area contributed by atoms with Crippen molar-refractivity contribution in [2.45, 2.75) is 6.92 Å². The van der Waals surface area contributed by atoms with Crippen LogP contribution in [0.4, 0.5) is 0 Å². The number of hydrogen-bond donors (Lipinski definition) is 0. The highest BCUT2D eigenvalue weighted by molar-refractivity contribution is 7.53. The SMILES string of the molecule is CC=CC(=O)POCC[N+](C)(C)C. The molecule has 0 aromatic carbocycles. The van der Waals surface area contributed by atoms with Gasteiger partial charge < -0.3 is 9.01 Å². The van der Waals surface area contributed by atoms with Crippen molar-refractivity contribution in [1.82, 2.24) is 0 Å². The van der Waals surface area contributed by atoms with Crippen molar-refractivity contribution >= 4 is 14.3 Å². The monoisotopic (exact) mass is 204 g/mol. The van der Waals surface area contributed by atoms with Crippen LogP contribution in [0.25, 0.3) is 0 Å². The fraction of sp³-hybridized carbons (Fsp3) is 0.667. The minimum absolute atomic E-state index is 0.0370. The zero-order valence-corrected chi connectivity index (χ0v) is 9.83. The second-order valence-electron chi connectivity index (χ2n) is 3.83. The molecule has 0 aliphatic carbocycles. The molecule has 0 saturated carbocycles. The van der Waals surface area contributed by atoms with Crippen LogP contribution in [0.5, 0.6) is 0 Å². The highest BCUT2D eigenvalue weighted by Crippen LogP contribution is 2.13. The highest BCUT2D eigenvalue weighted by Gasteiger charge is 2.06. The van der Waals surface area contributed by atoms with Gasteiger partial charge in [-0.05, 0) is 13.0 Å². The van der Waals surface area contributed by atoms with Crippen molar-refractivity contribution in [3.63, 3.8) is 0 Å². The fourth-order valence-electron chi connectivity index (χ4n) is 0.627. The lowest BCUT2D eigenvalue weighted by molar-refractivity contribution is -0.870. The van der Waals surface area contributed by atoms with Crippen LogP contribution in [0.3, 0.4) is 0 Å². The van der Waals surface area contributed by atoms with E-state index in [1.807, 2.05) is 6.92 Å². The normalized spacial score (nSPS) is 13.2. The topological polar surface area (TPSA) is 26.3 Å². The van der Waals surface area contributed by atoms with Gasteiger partial charge in [-0.2, -0.15) is 0 Å². The zero-order chi connectivity index (χ0) is 10.3. The minimum Gasteiger partial charge on any atom is -0.348 e. The van der Waals surface area contributed by atoms with Gasteiger partial charge in [0.15, 0.2) is 0 Å². The van der Waals surface area contributed by atoms with Gasteiger partial charge >= 0.3 is 0 Å². The summed E-state index contributed by atoms with van der Waals surface area (Å²) in [5, 5.41) is 0. The van der Waals surface area contributed by atoms with Gasteiger partial charge in [0, 0.05) is 0 Å². The summed E-state index contributed by atoms with van der Waals surface area (Å²) in [5.74, 6) is 0. The van der Waals surface area contributed by atoms with Crippen LogP contribution in [0.1, 0.15) is 6.92 Å². The third kappa shape index (κ3) is 9.68. The molecular formula is C9H19NO2P+. The van der Waals surface area contributed by atoms with E-state index >= 15 is 0 Å². The first-order valence-electron chi connectivity index (χ1n) is 4.30.